The molecule has 0 fully saturated rings. The van der Waals surface area contributed by atoms with E-state index in [9.17, 15) is 0 Å². The van der Waals surface area contributed by atoms with Crippen LogP contribution in [0.1, 0.15) is 23.9 Å². The summed E-state index contributed by atoms with van der Waals surface area (Å²) in [5, 5.41) is 12.0. The van der Waals surface area contributed by atoms with E-state index in [1.165, 1.54) is 5.56 Å². The van der Waals surface area contributed by atoms with Crippen LogP contribution < -0.4 is 11.1 Å². The topological polar surface area (TPSA) is 87.6 Å². The quantitative estimate of drug-likeness (QED) is 0.871. The van der Waals surface area contributed by atoms with Crippen molar-refractivity contribution < 1.29 is 0 Å². The third kappa shape index (κ3) is 2.99. The Labute approximate surface area is 112 Å². The lowest BCUT2D eigenvalue weighted by molar-refractivity contribution is 0.964. The van der Waals surface area contributed by atoms with E-state index in [0.717, 1.165) is 12.1 Å². The molecular weight excluding hydrogens is 238 g/mol. The molecule has 0 saturated carbocycles. The lowest BCUT2D eigenvalue weighted by Crippen LogP contribution is -2.07. The van der Waals surface area contributed by atoms with Crippen LogP contribution >= 0.6 is 0 Å². The van der Waals surface area contributed by atoms with Crippen molar-refractivity contribution in [1.29, 1.82) is 5.26 Å². The number of nitriles is 1. The van der Waals surface area contributed by atoms with Crippen LogP contribution in [-0.4, -0.2) is 9.97 Å². The Morgan fingerprint density at radius 1 is 1.37 bits per heavy atom. The lowest BCUT2D eigenvalue weighted by Gasteiger charge is -2.09. The van der Waals surface area contributed by atoms with Crippen LogP contribution in [0.25, 0.3) is 0 Å². The molecule has 2 rings (SSSR count). The number of nitrogens with one attached hydrogen (secondary N) is 1. The van der Waals surface area contributed by atoms with Crippen molar-refractivity contribution >= 4 is 11.5 Å². The Kier molecular flexibility index (Phi) is 3.94. The minimum Gasteiger partial charge on any atom is -0.396 e. The minimum atomic E-state index is 0.238. The molecule has 2 heterocycles. The summed E-state index contributed by atoms with van der Waals surface area (Å²) in [5.74, 6) is 0.624. The molecule has 0 saturated heterocycles. The molecule has 96 valence electrons. The number of hydrogen-bond acceptors (Lipinski definition) is 5. The molecule has 0 amide bonds. The number of nitrogens with two attached hydrogens (primary N) is 1. The van der Waals surface area contributed by atoms with Gasteiger partial charge in [-0.25, -0.2) is 4.98 Å². The van der Waals surface area contributed by atoms with Crippen LogP contribution in [0.3, 0.4) is 0 Å². The highest BCUT2D eigenvalue weighted by Crippen LogP contribution is 2.14. The Hall–Kier alpha value is -2.61. The van der Waals surface area contributed by atoms with Crippen molar-refractivity contribution in [3.63, 3.8) is 0 Å². The van der Waals surface area contributed by atoms with Crippen LogP contribution in [-0.2, 0) is 13.0 Å². The van der Waals surface area contributed by atoms with Gasteiger partial charge in [0, 0.05) is 6.20 Å². The molecule has 0 aromatic carbocycles. The zero-order chi connectivity index (χ0) is 13.7. The van der Waals surface area contributed by atoms with Gasteiger partial charge >= 0.3 is 0 Å². The van der Waals surface area contributed by atoms with Crippen LogP contribution in [0, 0.1) is 11.3 Å². The van der Waals surface area contributed by atoms with Gasteiger partial charge in [0.15, 0.2) is 5.69 Å². The smallest absolute Gasteiger partial charge is 0.165 e. The van der Waals surface area contributed by atoms with E-state index in [-0.39, 0.29) is 5.69 Å². The SMILES string of the molecule is CCc1cccnc1CNc1ccc(N)c(C#N)n1. The van der Waals surface area contributed by atoms with E-state index in [1.807, 2.05) is 12.1 Å². The highest BCUT2D eigenvalue weighted by Gasteiger charge is 2.04. The van der Waals surface area contributed by atoms with Crippen molar-refractivity contribution in [3.05, 3.63) is 47.4 Å². The number of nitrogens with zero attached hydrogens (tertiary/aromatic N) is 3. The number of rotatable bonds is 4. The van der Waals surface area contributed by atoms with Gasteiger partial charge in [0.05, 0.1) is 17.9 Å². The van der Waals surface area contributed by atoms with E-state index >= 15 is 0 Å². The normalized spacial score (nSPS) is 9.89. The zero-order valence-electron chi connectivity index (χ0n) is 10.7. The molecule has 0 aliphatic carbocycles. The fraction of sp³-hybridized carbons (Fsp3) is 0.214. The molecule has 5 heteroatoms. The second-order valence-electron chi connectivity index (χ2n) is 4.06. The van der Waals surface area contributed by atoms with Gasteiger partial charge < -0.3 is 11.1 Å². The summed E-state index contributed by atoms with van der Waals surface area (Å²) in [6.45, 7) is 2.67. The molecular formula is C14H15N5. The fourth-order valence-electron chi connectivity index (χ4n) is 1.78. The maximum Gasteiger partial charge on any atom is 0.165 e. The molecule has 0 bridgehead atoms. The molecule has 3 N–H and O–H groups in total. The summed E-state index contributed by atoms with van der Waals surface area (Å²) in [6.07, 6.45) is 2.71. The van der Waals surface area contributed by atoms with E-state index in [1.54, 1.807) is 18.3 Å². The number of anilines is 2. The molecule has 2 aromatic rings. The van der Waals surface area contributed by atoms with Gasteiger partial charge in [0.1, 0.15) is 11.9 Å². The van der Waals surface area contributed by atoms with E-state index in [2.05, 4.69) is 28.3 Å². The number of hydrogen-bond donors (Lipinski definition) is 2. The van der Waals surface area contributed by atoms with Crippen molar-refractivity contribution in [2.75, 3.05) is 11.1 Å². The van der Waals surface area contributed by atoms with Gasteiger partial charge in [-0.2, -0.15) is 5.26 Å². The number of aromatic nitrogens is 2. The molecule has 19 heavy (non-hydrogen) atoms. The maximum absolute atomic E-state index is 8.88. The summed E-state index contributed by atoms with van der Waals surface area (Å²) in [5.41, 5.74) is 8.44. The average Bonchev–Trinajstić information content (AvgIpc) is 2.46. The molecule has 0 spiro atoms. The highest BCUT2D eigenvalue weighted by atomic mass is 15.0. The third-order valence-electron chi connectivity index (χ3n) is 2.83. The van der Waals surface area contributed by atoms with Gasteiger partial charge in [-0.05, 0) is 30.2 Å². The van der Waals surface area contributed by atoms with Crippen LogP contribution in [0.15, 0.2) is 30.5 Å². The fourth-order valence-corrected chi connectivity index (χ4v) is 1.78. The van der Waals surface area contributed by atoms with Gasteiger partial charge in [-0.15, -0.1) is 0 Å². The summed E-state index contributed by atoms with van der Waals surface area (Å²) >= 11 is 0. The number of nitrogen functional groups attached to an aromatic ring is 1. The molecule has 0 aliphatic rings. The van der Waals surface area contributed by atoms with Crippen molar-refractivity contribution in [2.24, 2.45) is 0 Å². The molecule has 0 unspecified atom stereocenters. The van der Waals surface area contributed by atoms with Crippen LogP contribution in [0.4, 0.5) is 11.5 Å². The molecule has 0 aliphatic heterocycles. The van der Waals surface area contributed by atoms with E-state index in [4.69, 9.17) is 11.0 Å². The summed E-state index contributed by atoms with van der Waals surface area (Å²) in [6, 6.07) is 9.38. The van der Waals surface area contributed by atoms with Crippen molar-refractivity contribution in [2.45, 2.75) is 19.9 Å². The summed E-state index contributed by atoms with van der Waals surface area (Å²) in [4.78, 5) is 8.48. The monoisotopic (exact) mass is 253 g/mol. The minimum absolute atomic E-state index is 0.238. The first-order valence-corrected chi connectivity index (χ1v) is 6.08. The second kappa shape index (κ2) is 5.83. The second-order valence-corrected chi connectivity index (χ2v) is 4.06. The summed E-state index contributed by atoms with van der Waals surface area (Å²) < 4.78 is 0. The summed E-state index contributed by atoms with van der Waals surface area (Å²) in [7, 11) is 0. The lowest BCUT2D eigenvalue weighted by atomic mass is 10.1. The van der Waals surface area contributed by atoms with Gasteiger partial charge in [0.2, 0.25) is 0 Å². The first kappa shape index (κ1) is 12.8. The Morgan fingerprint density at radius 3 is 2.95 bits per heavy atom. The van der Waals surface area contributed by atoms with Gasteiger partial charge in [-0.3, -0.25) is 4.98 Å². The highest BCUT2D eigenvalue weighted by molar-refractivity contribution is 5.54. The maximum atomic E-state index is 8.88. The first-order chi connectivity index (χ1) is 9.24. The van der Waals surface area contributed by atoms with Crippen molar-refractivity contribution in [3.8, 4) is 6.07 Å². The number of aryl methyl sites for hydroxylation is 1. The van der Waals surface area contributed by atoms with Crippen LogP contribution in [0.2, 0.25) is 0 Å². The van der Waals surface area contributed by atoms with Crippen LogP contribution in [0.5, 0.6) is 0 Å². The Balaban J connectivity index is 2.13. The van der Waals surface area contributed by atoms with Gasteiger partial charge in [-0.1, -0.05) is 13.0 Å². The first-order valence-electron chi connectivity index (χ1n) is 6.08. The number of pyridine rings is 2. The molecule has 0 radical (unpaired) electrons. The average molecular weight is 253 g/mol. The Morgan fingerprint density at radius 2 is 2.21 bits per heavy atom. The Bertz CT molecular complexity index is 615. The third-order valence-corrected chi connectivity index (χ3v) is 2.83. The van der Waals surface area contributed by atoms with E-state index in [0.29, 0.717) is 18.1 Å². The molecule has 0 atom stereocenters. The standard InChI is InChI=1S/C14H15N5/c1-2-10-4-3-7-17-13(10)9-18-14-6-5-11(16)12(8-15)19-14/h3-7H,2,9,16H2,1H3,(H,18,19). The van der Waals surface area contributed by atoms with E-state index < -0.39 is 0 Å². The predicted molar refractivity (Wildman–Crippen MR) is 74.3 cm³/mol. The predicted octanol–water partition coefficient (Wildman–Crippen LogP) is 2.10. The zero-order valence-corrected chi connectivity index (χ0v) is 10.7. The van der Waals surface area contributed by atoms with Crippen molar-refractivity contribution in [1.82, 2.24) is 9.97 Å². The van der Waals surface area contributed by atoms with Gasteiger partial charge in [0.25, 0.3) is 0 Å². The largest absolute Gasteiger partial charge is 0.396 e. The molecule has 2 aromatic heterocycles. The molecule has 5 nitrogen and oxygen atoms in total.